The number of aryl methyl sites for hydroxylation is 1. The summed E-state index contributed by atoms with van der Waals surface area (Å²) in [7, 11) is 1.57. The highest BCUT2D eigenvalue weighted by molar-refractivity contribution is 5.97. The summed E-state index contributed by atoms with van der Waals surface area (Å²) < 4.78 is 15.7. The molecule has 0 saturated heterocycles. The summed E-state index contributed by atoms with van der Waals surface area (Å²) in [4.78, 5) is 11.7. The van der Waals surface area contributed by atoms with Crippen molar-refractivity contribution in [1.82, 2.24) is 0 Å². The summed E-state index contributed by atoms with van der Waals surface area (Å²) in [5.74, 6) is 0.413. The van der Waals surface area contributed by atoms with Crippen LogP contribution in [-0.2, 0) is 4.74 Å². The molecule has 0 atom stereocenters. The standard InChI is InChI=1S/C13H14O4/c1-4-16-13(14)11-8(2)9-6-5-7-10(15-3)12(9)17-11/h5-7H,4H2,1-3H3. The van der Waals surface area contributed by atoms with Crippen molar-refractivity contribution in [3.8, 4) is 5.75 Å². The van der Waals surface area contributed by atoms with Gasteiger partial charge in [-0.2, -0.15) is 0 Å². The number of fused-ring (bicyclic) bond motifs is 1. The van der Waals surface area contributed by atoms with Crippen molar-refractivity contribution in [2.75, 3.05) is 13.7 Å². The van der Waals surface area contributed by atoms with Gasteiger partial charge in [0.1, 0.15) is 0 Å². The lowest BCUT2D eigenvalue weighted by molar-refractivity contribution is 0.0491. The van der Waals surface area contributed by atoms with Gasteiger partial charge in [0.2, 0.25) is 5.76 Å². The number of ether oxygens (including phenoxy) is 2. The van der Waals surface area contributed by atoms with Crippen LogP contribution in [0, 0.1) is 6.92 Å². The predicted molar refractivity (Wildman–Crippen MR) is 63.5 cm³/mol. The molecule has 0 aliphatic heterocycles. The lowest BCUT2D eigenvalue weighted by Gasteiger charge is -1.98. The quantitative estimate of drug-likeness (QED) is 0.766. The molecule has 1 heterocycles. The lowest BCUT2D eigenvalue weighted by atomic mass is 10.1. The van der Waals surface area contributed by atoms with Crippen LogP contribution in [0.25, 0.3) is 11.0 Å². The molecule has 0 radical (unpaired) electrons. The zero-order chi connectivity index (χ0) is 12.4. The molecule has 0 spiro atoms. The van der Waals surface area contributed by atoms with E-state index in [1.807, 2.05) is 19.1 Å². The summed E-state index contributed by atoms with van der Waals surface area (Å²) in [6, 6.07) is 5.54. The fourth-order valence-electron chi connectivity index (χ4n) is 1.77. The van der Waals surface area contributed by atoms with E-state index in [9.17, 15) is 4.79 Å². The Balaban J connectivity index is 2.60. The fourth-order valence-corrected chi connectivity index (χ4v) is 1.77. The van der Waals surface area contributed by atoms with Gasteiger partial charge in [0, 0.05) is 10.9 Å². The molecule has 2 aromatic rings. The molecule has 4 heteroatoms. The highest BCUT2D eigenvalue weighted by atomic mass is 16.5. The smallest absolute Gasteiger partial charge is 0.374 e. The van der Waals surface area contributed by atoms with Crippen molar-refractivity contribution in [2.45, 2.75) is 13.8 Å². The minimum absolute atomic E-state index is 0.242. The van der Waals surface area contributed by atoms with Gasteiger partial charge in [0.25, 0.3) is 0 Å². The monoisotopic (exact) mass is 234 g/mol. The summed E-state index contributed by atoms with van der Waals surface area (Å²) in [5, 5.41) is 0.868. The molecule has 90 valence electrons. The number of benzene rings is 1. The Morgan fingerprint density at radius 3 is 2.82 bits per heavy atom. The van der Waals surface area contributed by atoms with Crippen molar-refractivity contribution in [3.05, 3.63) is 29.5 Å². The Labute approximate surface area is 99.1 Å². The van der Waals surface area contributed by atoms with E-state index in [0.717, 1.165) is 10.9 Å². The third-order valence-electron chi connectivity index (χ3n) is 2.61. The van der Waals surface area contributed by atoms with Crippen molar-refractivity contribution in [1.29, 1.82) is 0 Å². The number of furan rings is 1. The predicted octanol–water partition coefficient (Wildman–Crippen LogP) is 2.93. The summed E-state index contributed by atoms with van der Waals surface area (Å²) >= 11 is 0. The molecule has 0 aliphatic rings. The maximum Gasteiger partial charge on any atom is 0.374 e. The van der Waals surface area contributed by atoms with E-state index < -0.39 is 5.97 Å². The molecule has 17 heavy (non-hydrogen) atoms. The molecular formula is C13H14O4. The van der Waals surface area contributed by atoms with Crippen molar-refractivity contribution in [2.24, 2.45) is 0 Å². The molecule has 0 amide bonds. The molecular weight excluding hydrogens is 220 g/mol. The zero-order valence-corrected chi connectivity index (χ0v) is 10.1. The molecule has 0 fully saturated rings. The number of rotatable bonds is 3. The van der Waals surface area contributed by atoms with E-state index in [-0.39, 0.29) is 5.76 Å². The Morgan fingerprint density at radius 1 is 1.41 bits per heavy atom. The average molecular weight is 234 g/mol. The number of methoxy groups -OCH3 is 1. The molecule has 4 nitrogen and oxygen atoms in total. The number of esters is 1. The van der Waals surface area contributed by atoms with E-state index in [2.05, 4.69) is 0 Å². The van der Waals surface area contributed by atoms with Crippen molar-refractivity contribution >= 4 is 16.9 Å². The Bertz CT molecular complexity index is 554. The second-order valence-electron chi connectivity index (χ2n) is 3.61. The molecule has 0 N–H and O–H groups in total. The normalized spacial score (nSPS) is 10.5. The number of carbonyl (C=O) groups excluding carboxylic acids is 1. The van der Waals surface area contributed by atoms with Gasteiger partial charge < -0.3 is 13.9 Å². The molecule has 0 unspecified atom stereocenters. The Kier molecular flexibility index (Phi) is 3.04. The third kappa shape index (κ3) is 1.86. The maximum absolute atomic E-state index is 11.7. The number of hydrogen-bond donors (Lipinski definition) is 0. The summed E-state index contributed by atoms with van der Waals surface area (Å²) in [5.41, 5.74) is 1.35. The van der Waals surface area contributed by atoms with Crippen LogP contribution in [0.2, 0.25) is 0 Å². The van der Waals surface area contributed by atoms with Gasteiger partial charge in [-0.05, 0) is 19.9 Å². The topological polar surface area (TPSA) is 48.7 Å². The summed E-state index contributed by atoms with van der Waals surface area (Å²) in [6.45, 7) is 3.92. The van der Waals surface area contributed by atoms with Gasteiger partial charge in [-0.3, -0.25) is 0 Å². The minimum atomic E-state index is -0.441. The molecule has 0 saturated carbocycles. The maximum atomic E-state index is 11.7. The third-order valence-corrected chi connectivity index (χ3v) is 2.61. The van der Waals surface area contributed by atoms with Gasteiger partial charge >= 0.3 is 5.97 Å². The van der Waals surface area contributed by atoms with Crippen LogP contribution < -0.4 is 4.74 Å². The highest BCUT2D eigenvalue weighted by Gasteiger charge is 2.20. The highest BCUT2D eigenvalue weighted by Crippen LogP contribution is 2.32. The molecule has 1 aromatic heterocycles. The fraction of sp³-hybridized carbons (Fsp3) is 0.308. The van der Waals surface area contributed by atoms with Crippen LogP contribution in [0.5, 0.6) is 5.75 Å². The minimum Gasteiger partial charge on any atom is -0.493 e. The van der Waals surface area contributed by atoms with E-state index >= 15 is 0 Å². The van der Waals surface area contributed by atoms with Crippen LogP contribution in [0.4, 0.5) is 0 Å². The first kappa shape index (κ1) is 11.5. The van der Waals surface area contributed by atoms with E-state index in [1.165, 1.54) is 0 Å². The molecule has 2 rings (SSSR count). The Morgan fingerprint density at radius 2 is 2.18 bits per heavy atom. The van der Waals surface area contributed by atoms with Crippen LogP contribution >= 0.6 is 0 Å². The van der Waals surface area contributed by atoms with Gasteiger partial charge in [-0.25, -0.2) is 4.79 Å². The van der Waals surface area contributed by atoms with Gasteiger partial charge in [0.05, 0.1) is 13.7 Å². The van der Waals surface area contributed by atoms with Crippen LogP contribution in [-0.4, -0.2) is 19.7 Å². The van der Waals surface area contributed by atoms with Crippen LogP contribution in [0.3, 0.4) is 0 Å². The van der Waals surface area contributed by atoms with E-state index in [0.29, 0.717) is 17.9 Å². The number of carbonyl (C=O) groups is 1. The van der Waals surface area contributed by atoms with Gasteiger partial charge in [0.15, 0.2) is 11.3 Å². The molecule has 1 aromatic carbocycles. The second-order valence-corrected chi connectivity index (χ2v) is 3.61. The van der Waals surface area contributed by atoms with Crippen molar-refractivity contribution < 1.29 is 18.7 Å². The molecule has 0 bridgehead atoms. The van der Waals surface area contributed by atoms with Crippen LogP contribution in [0.1, 0.15) is 23.0 Å². The molecule has 0 aliphatic carbocycles. The first-order chi connectivity index (χ1) is 8.19. The Hall–Kier alpha value is -1.97. The van der Waals surface area contributed by atoms with Gasteiger partial charge in [-0.1, -0.05) is 12.1 Å². The average Bonchev–Trinajstić information content (AvgIpc) is 2.67. The van der Waals surface area contributed by atoms with E-state index in [4.69, 9.17) is 13.9 Å². The lowest BCUT2D eigenvalue weighted by Crippen LogP contribution is -2.04. The first-order valence-electron chi connectivity index (χ1n) is 5.42. The number of hydrogen-bond acceptors (Lipinski definition) is 4. The van der Waals surface area contributed by atoms with Crippen LogP contribution in [0.15, 0.2) is 22.6 Å². The zero-order valence-electron chi connectivity index (χ0n) is 10.1. The summed E-state index contributed by atoms with van der Waals surface area (Å²) in [6.07, 6.45) is 0. The first-order valence-corrected chi connectivity index (χ1v) is 5.42. The SMILES string of the molecule is CCOC(=O)c1oc2c(OC)cccc2c1C. The van der Waals surface area contributed by atoms with Crippen molar-refractivity contribution in [3.63, 3.8) is 0 Å². The second kappa shape index (κ2) is 4.49. The van der Waals surface area contributed by atoms with Gasteiger partial charge in [-0.15, -0.1) is 0 Å². The largest absolute Gasteiger partial charge is 0.493 e. The number of para-hydroxylation sites is 1. The van der Waals surface area contributed by atoms with E-state index in [1.54, 1.807) is 20.1 Å².